The van der Waals surface area contributed by atoms with Gasteiger partial charge in [0, 0.05) is 43.4 Å². The molecule has 0 aliphatic rings. The van der Waals surface area contributed by atoms with Crippen molar-refractivity contribution in [2.75, 3.05) is 0 Å². The minimum absolute atomic E-state index is 0. The SMILES string of the molecule is C[Si](C)C.C[Si](C)C.[CH3-].[Sc]. The first kappa shape index (κ1) is 22.5. The maximum absolute atomic E-state index is 2.27. The Balaban J connectivity index is -0.0000000300. The van der Waals surface area contributed by atoms with Gasteiger partial charge in [0.25, 0.3) is 0 Å². The van der Waals surface area contributed by atoms with Crippen LogP contribution < -0.4 is 0 Å². The zero-order valence-corrected chi connectivity index (χ0v) is 12.4. The number of rotatable bonds is 0. The van der Waals surface area contributed by atoms with Gasteiger partial charge in [-0.05, 0) is 0 Å². The molecule has 0 N–H and O–H groups in total. The Labute approximate surface area is 89.8 Å². The first-order valence-corrected chi connectivity index (χ1v) is 9.00. The maximum Gasteiger partial charge on any atom is 0.0379 e. The van der Waals surface area contributed by atoms with Crippen molar-refractivity contribution < 1.29 is 25.8 Å². The second kappa shape index (κ2) is 16.7. The summed E-state index contributed by atoms with van der Waals surface area (Å²) in [6.45, 7) is 13.6. The Bertz CT molecular complexity index is 27.1. The van der Waals surface area contributed by atoms with E-state index in [2.05, 4.69) is 39.3 Å². The van der Waals surface area contributed by atoms with E-state index < -0.39 is 0 Å². The van der Waals surface area contributed by atoms with E-state index in [0.29, 0.717) is 0 Å². The molecule has 0 saturated heterocycles. The summed E-state index contributed by atoms with van der Waals surface area (Å²) >= 11 is 0. The standard InChI is InChI=1S/2C3H9Si.CH3.Sc/c2*1-4(2)3;;/h2*1-3H3;1H3;/q;;-1;. The van der Waals surface area contributed by atoms with Crippen LogP contribution in [0.15, 0.2) is 0 Å². The van der Waals surface area contributed by atoms with Crippen molar-refractivity contribution >= 4 is 17.6 Å². The Morgan fingerprint density at radius 1 is 0.600 bits per heavy atom. The third-order valence-electron chi connectivity index (χ3n) is 0. The summed E-state index contributed by atoms with van der Waals surface area (Å²) in [7, 11) is 0.241. The van der Waals surface area contributed by atoms with Crippen molar-refractivity contribution in [2.24, 2.45) is 0 Å². The minimum atomic E-state index is 0. The van der Waals surface area contributed by atoms with Crippen LogP contribution in [0.3, 0.4) is 0 Å². The Hall–Kier alpha value is 1.30. The second-order valence-electron chi connectivity index (χ2n) is 3.00. The van der Waals surface area contributed by atoms with Crippen molar-refractivity contribution in [2.45, 2.75) is 39.3 Å². The topological polar surface area (TPSA) is 0 Å². The van der Waals surface area contributed by atoms with Gasteiger partial charge in [-0.1, -0.05) is 39.3 Å². The van der Waals surface area contributed by atoms with Crippen LogP contribution in [0.25, 0.3) is 0 Å². The van der Waals surface area contributed by atoms with E-state index >= 15 is 0 Å². The Morgan fingerprint density at radius 3 is 0.600 bits per heavy atom. The van der Waals surface area contributed by atoms with E-state index in [9.17, 15) is 0 Å². The van der Waals surface area contributed by atoms with Gasteiger partial charge in [-0.15, -0.1) is 0 Å². The molecule has 0 aromatic rings. The fourth-order valence-corrected chi connectivity index (χ4v) is 0. The first-order valence-electron chi connectivity index (χ1n) is 3.00. The molecule has 0 aliphatic carbocycles. The summed E-state index contributed by atoms with van der Waals surface area (Å²) in [5.41, 5.74) is 0. The molecule has 0 aliphatic heterocycles. The van der Waals surface area contributed by atoms with Crippen LogP contribution in [0.5, 0.6) is 0 Å². The van der Waals surface area contributed by atoms with Gasteiger partial charge in [0.1, 0.15) is 0 Å². The molecule has 0 heterocycles. The second-order valence-corrected chi connectivity index (χ2v) is 9.00. The predicted octanol–water partition coefficient (Wildman–Crippen LogP) is 3.19. The van der Waals surface area contributed by atoms with E-state index in [4.69, 9.17) is 0 Å². The Kier molecular flexibility index (Phi) is 37.6. The van der Waals surface area contributed by atoms with Crippen LogP contribution >= 0.6 is 0 Å². The molecule has 0 aromatic heterocycles. The molecule has 0 fully saturated rings. The monoisotopic (exact) mass is 206 g/mol. The van der Waals surface area contributed by atoms with Gasteiger partial charge in [0.05, 0.1) is 0 Å². The van der Waals surface area contributed by atoms with Crippen molar-refractivity contribution in [3.8, 4) is 0 Å². The summed E-state index contributed by atoms with van der Waals surface area (Å²) in [6.07, 6.45) is 0. The van der Waals surface area contributed by atoms with Crippen LogP contribution in [-0.4, -0.2) is 17.6 Å². The quantitative estimate of drug-likeness (QED) is 0.422. The fourth-order valence-electron chi connectivity index (χ4n) is 0. The molecule has 0 aromatic carbocycles. The van der Waals surface area contributed by atoms with E-state index in [-0.39, 0.29) is 50.9 Å². The van der Waals surface area contributed by atoms with Gasteiger partial charge in [-0.2, -0.15) is 0 Å². The largest absolute Gasteiger partial charge is 0.358 e. The molecular weight excluding hydrogens is 185 g/mol. The van der Waals surface area contributed by atoms with Crippen molar-refractivity contribution in [3.05, 3.63) is 7.43 Å². The molecule has 0 rings (SSSR count). The number of hydrogen-bond donors (Lipinski definition) is 0. The van der Waals surface area contributed by atoms with E-state index in [1.165, 1.54) is 0 Å². The van der Waals surface area contributed by atoms with Crippen molar-refractivity contribution in [1.29, 1.82) is 0 Å². The van der Waals surface area contributed by atoms with Gasteiger partial charge in [0.2, 0.25) is 0 Å². The normalized spacial score (nSPS) is 7.20. The summed E-state index contributed by atoms with van der Waals surface area (Å²) in [5.74, 6) is 0. The molecule has 3 heteroatoms. The van der Waals surface area contributed by atoms with Gasteiger partial charge in [-0.3, -0.25) is 0 Å². The summed E-state index contributed by atoms with van der Waals surface area (Å²) in [5, 5.41) is 0. The van der Waals surface area contributed by atoms with Crippen LogP contribution in [0, 0.1) is 7.43 Å². The smallest absolute Gasteiger partial charge is 0.0379 e. The molecule has 0 spiro atoms. The third-order valence-corrected chi connectivity index (χ3v) is 0. The molecule has 0 atom stereocenters. The fraction of sp³-hybridized carbons (Fsp3) is 0.857. The molecule has 0 amide bonds. The van der Waals surface area contributed by atoms with Crippen LogP contribution in [0.4, 0.5) is 0 Å². The molecule has 0 nitrogen and oxygen atoms in total. The molecule has 0 unspecified atom stereocenters. The summed E-state index contributed by atoms with van der Waals surface area (Å²) in [4.78, 5) is 0. The molecular formula is C7H21ScSi2-. The molecule has 0 saturated carbocycles. The average molecular weight is 206 g/mol. The number of hydrogen-bond acceptors (Lipinski definition) is 0. The van der Waals surface area contributed by atoms with E-state index in [0.717, 1.165) is 0 Å². The van der Waals surface area contributed by atoms with Gasteiger partial charge in [-0.25, -0.2) is 0 Å². The van der Waals surface area contributed by atoms with Crippen molar-refractivity contribution in [1.82, 2.24) is 0 Å². The molecule has 0 bridgehead atoms. The zero-order valence-electron chi connectivity index (χ0n) is 8.58. The van der Waals surface area contributed by atoms with E-state index in [1.54, 1.807) is 0 Å². The Morgan fingerprint density at radius 2 is 0.600 bits per heavy atom. The van der Waals surface area contributed by atoms with Crippen molar-refractivity contribution in [3.63, 3.8) is 0 Å². The van der Waals surface area contributed by atoms with Gasteiger partial charge < -0.3 is 7.43 Å². The van der Waals surface area contributed by atoms with Crippen LogP contribution in [-0.2, 0) is 25.8 Å². The molecule has 61 valence electrons. The van der Waals surface area contributed by atoms with Gasteiger partial charge in [0.15, 0.2) is 0 Å². The maximum atomic E-state index is 2.27. The van der Waals surface area contributed by atoms with Gasteiger partial charge >= 0.3 is 0 Å². The minimum Gasteiger partial charge on any atom is -0.358 e. The van der Waals surface area contributed by atoms with Crippen LogP contribution in [0.1, 0.15) is 0 Å². The van der Waals surface area contributed by atoms with E-state index in [1.807, 2.05) is 0 Å². The van der Waals surface area contributed by atoms with Crippen LogP contribution in [0.2, 0.25) is 39.3 Å². The molecule has 3 radical (unpaired) electrons. The zero-order chi connectivity index (χ0) is 7.15. The third kappa shape index (κ3) is 377. The first-order chi connectivity index (χ1) is 3.46. The summed E-state index contributed by atoms with van der Waals surface area (Å²) in [6, 6.07) is 0. The predicted molar refractivity (Wildman–Crippen MR) is 53.1 cm³/mol. The average Bonchev–Trinajstić information content (AvgIpc) is 1.25. The summed E-state index contributed by atoms with van der Waals surface area (Å²) < 4.78 is 0. The molecule has 10 heavy (non-hydrogen) atoms.